The fraction of sp³-hybridized carbons (Fsp3) is 0.143. The van der Waals surface area contributed by atoms with E-state index in [0.717, 1.165) is 30.3 Å². The standard InChI is InChI=1S/C14H9Br4ClO/c1-20-14-11(5-10(19)6-12(14)17)13(18)7-2-8(15)4-9(16)3-7/h2-6,13H,1H3. The van der Waals surface area contributed by atoms with Crippen molar-refractivity contribution in [3.05, 3.63) is 59.9 Å². The van der Waals surface area contributed by atoms with Crippen molar-refractivity contribution in [2.75, 3.05) is 7.11 Å². The zero-order valence-electron chi connectivity index (χ0n) is 10.3. The number of rotatable bonds is 3. The molecule has 0 amide bonds. The van der Waals surface area contributed by atoms with E-state index in [1.54, 1.807) is 7.11 Å². The van der Waals surface area contributed by atoms with Gasteiger partial charge in [0, 0.05) is 19.5 Å². The van der Waals surface area contributed by atoms with Crippen LogP contribution in [0.3, 0.4) is 0 Å². The van der Waals surface area contributed by atoms with Crippen LogP contribution in [0.25, 0.3) is 0 Å². The van der Waals surface area contributed by atoms with Gasteiger partial charge in [0.05, 0.1) is 16.4 Å². The number of ether oxygens (including phenoxy) is 1. The van der Waals surface area contributed by atoms with Crippen LogP contribution < -0.4 is 4.74 Å². The molecule has 1 atom stereocenters. The van der Waals surface area contributed by atoms with Crippen LogP contribution >= 0.6 is 75.3 Å². The first-order valence-electron chi connectivity index (χ1n) is 5.55. The number of methoxy groups -OCH3 is 1. The summed E-state index contributed by atoms with van der Waals surface area (Å²) in [6, 6.07) is 9.82. The van der Waals surface area contributed by atoms with E-state index >= 15 is 0 Å². The van der Waals surface area contributed by atoms with Gasteiger partial charge in [0.2, 0.25) is 0 Å². The number of hydrogen-bond acceptors (Lipinski definition) is 1. The molecule has 0 aliphatic rings. The molecule has 0 aliphatic carbocycles. The molecule has 0 spiro atoms. The van der Waals surface area contributed by atoms with E-state index in [1.807, 2.05) is 18.2 Å². The van der Waals surface area contributed by atoms with Gasteiger partial charge in [-0.3, -0.25) is 0 Å². The van der Waals surface area contributed by atoms with Crippen molar-refractivity contribution in [3.63, 3.8) is 0 Å². The molecule has 106 valence electrons. The molecule has 2 aromatic rings. The summed E-state index contributed by atoms with van der Waals surface area (Å²) in [5.74, 6) is 0.771. The maximum Gasteiger partial charge on any atom is 0.137 e. The summed E-state index contributed by atoms with van der Waals surface area (Å²) in [5, 5.41) is 0.659. The van der Waals surface area contributed by atoms with E-state index in [2.05, 4.69) is 75.9 Å². The third kappa shape index (κ3) is 3.80. The number of hydrogen-bond donors (Lipinski definition) is 0. The molecular formula is C14H9Br4ClO. The maximum atomic E-state index is 6.15. The second-order valence-electron chi connectivity index (χ2n) is 4.08. The zero-order chi connectivity index (χ0) is 14.9. The van der Waals surface area contributed by atoms with Gasteiger partial charge in [-0.05, 0) is 51.8 Å². The number of halogens is 5. The van der Waals surface area contributed by atoms with Crippen molar-refractivity contribution in [1.29, 1.82) is 0 Å². The Balaban J connectivity index is 2.55. The Morgan fingerprint density at radius 1 is 1.00 bits per heavy atom. The third-order valence-corrected chi connectivity index (χ3v) is 5.44. The molecule has 2 aromatic carbocycles. The van der Waals surface area contributed by atoms with E-state index in [1.165, 1.54) is 0 Å². The Morgan fingerprint density at radius 3 is 2.15 bits per heavy atom. The van der Waals surface area contributed by atoms with Crippen LogP contribution in [0.2, 0.25) is 5.02 Å². The summed E-state index contributed by atoms with van der Waals surface area (Å²) in [7, 11) is 1.65. The van der Waals surface area contributed by atoms with Crippen LogP contribution in [0.1, 0.15) is 16.0 Å². The van der Waals surface area contributed by atoms with Gasteiger partial charge in [0.1, 0.15) is 5.75 Å². The Kier molecular flexibility index (Phi) is 6.00. The highest BCUT2D eigenvalue weighted by Gasteiger charge is 2.19. The predicted molar refractivity (Wildman–Crippen MR) is 98.3 cm³/mol. The van der Waals surface area contributed by atoms with Crippen molar-refractivity contribution in [3.8, 4) is 5.75 Å². The summed E-state index contributed by atoms with van der Waals surface area (Å²) in [5.41, 5.74) is 2.07. The summed E-state index contributed by atoms with van der Waals surface area (Å²) in [6.45, 7) is 0. The van der Waals surface area contributed by atoms with Gasteiger partial charge in [0.15, 0.2) is 0 Å². The first kappa shape index (κ1) is 16.8. The van der Waals surface area contributed by atoms with Crippen LogP contribution in [-0.2, 0) is 0 Å². The minimum atomic E-state index is -0.0266. The van der Waals surface area contributed by atoms with Crippen LogP contribution in [0, 0.1) is 0 Å². The van der Waals surface area contributed by atoms with E-state index in [9.17, 15) is 0 Å². The Bertz CT molecular complexity index is 625. The van der Waals surface area contributed by atoms with Gasteiger partial charge >= 0.3 is 0 Å². The SMILES string of the molecule is COc1c(Br)cc(Cl)cc1C(Br)c1cc(Br)cc(Br)c1. The second-order valence-corrected chi connectivity index (χ2v) is 8.11. The first-order valence-corrected chi connectivity index (χ1v) is 9.22. The summed E-state index contributed by atoms with van der Waals surface area (Å²) >= 11 is 20.4. The highest BCUT2D eigenvalue weighted by atomic mass is 79.9. The molecule has 1 nitrogen and oxygen atoms in total. The highest BCUT2D eigenvalue weighted by Crippen LogP contribution is 2.43. The normalized spacial score (nSPS) is 12.3. The minimum Gasteiger partial charge on any atom is -0.495 e. The molecule has 20 heavy (non-hydrogen) atoms. The van der Waals surface area contributed by atoms with Crippen molar-refractivity contribution < 1.29 is 4.74 Å². The average Bonchev–Trinajstić information content (AvgIpc) is 2.35. The van der Waals surface area contributed by atoms with Crippen LogP contribution in [-0.4, -0.2) is 7.11 Å². The van der Waals surface area contributed by atoms with Crippen molar-refractivity contribution >= 4 is 75.3 Å². The molecule has 0 bridgehead atoms. The molecule has 2 rings (SSSR count). The Hall–Kier alpha value is 0.450. The monoisotopic (exact) mass is 544 g/mol. The number of alkyl halides is 1. The lowest BCUT2D eigenvalue weighted by atomic mass is 10.0. The van der Waals surface area contributed by atoms with E-state index < -0.39 is 0 Å². The molecule has 0 N–H and O–H groups in total. The average molecular weight is 548 g/mol. The van der Waals surface area contributed by atoms with Crippen LogP contribution in [0.5, 0.6) is 5.75 Å². The topological polar surface area (TPSA) is 9.23 Å². The molecule has 0 saturated heterocycles. The van der Waals surface area contributed by atoms with Crippen molar-refractivity contribution in [1.82, 2.24) is 0 Å². The molecule has 0 radical (unpaired) electrons. The number of benzene rings is 2. The van der Waals surface area contributed by atoms with E-state index in [4.69, 9.17) is 16.3 Å². The second kappa shape index (κ2) is 7.14. The molecule has 0 aromatic heterocycles. The van der Waals surface area contributed by atoms with Gasteiger partial charge in [-0.1, -0.05) is 59.4 Å². The molecule has 0 aliphatic heterocycles. The maximum absolute atomic E-state index is 6.15. The lowest BCUT2D eigenvalue weighted by Crippen LogP contribution is -1.98. The quantitative estimate of drug-likeness (QED) is 0.372. The molecular weight excluding hydrogens is 539 g/mol. The molecule has 0 saturated carbocycles. The fourth-order valence-corrected chi connectivity index (χ4v) is 4.81. The van der Waals surface area contributed by atoms with E-state index in [-0.39, 0.29) is 4.83 Å². The zero-order valence-corrected chi connectivity index (χ0v) is 17.4. The van der Waals surface area contributed by atoms with Gasteiger partial charge in [-0.2, -0.15) is 0 Å². The summed E-state index contributed by atoms with van der Waals surface area (Å²) < 4.78 is 8.32. The molecule has 0 fully saturated rings. The largest absolute Gasteiger partial charge is 0.495 e. The fourth-order valence-electron chi connectivity index (χ4n) is 1.88. The van der Waals surface area contributed by atoms with Crippen LogP contribution in [0.15, 0.2) is 43.7 Å². The predicted octanol–water partition coefficient (Wildman–Crippen LogP) is 7.12. The lowest BCUT2D eigenvalue weighted by Gasteiger charge is -2.17. The van der Waals surface area contributed by atoms with Crippen molar-refractivity contribution in [2.45, 2.75) is 4.83 Å². The minimum absolute atomic E-state index is 0.0266. The van der Waals surface area contributed by atoms with Gasteiger partial charge in [-0.25, -0.2) is 0 Å². The molecule has 0 heterocycles. The Morgan fingerprint density at radius 2 is 1.60 bits per heavy atom. The Labute approximate surface area is 156 Å². The smallest absolute Gasteiger partial charge is 0.137 e. The van der Waals surface area contributed by atoms with Crippen LogP contribution in [0.4, 0.5) is 0 Å². The highest BCUT2D eigenvalue weighted by molar-refractivity contribution is 9.11. The summed E-state index contributed by atoms with van der Waals surface area (Å²) in [6.07, 6.45) is 0. The van der Waals surface area contributed by atoms with Crippen molar-refractivity contribution in [2.24, 2.45) is 0 Å². The van der Waals surface area contributed by atoms with Gasteiger partial charge in [0.25, 0.3) is 0 Å². The molecule has 1 unspecified atom stereocenters. The van der Waals surface area contributed by atoms with E-state index in [0.29, 0.717) is 5.02 Å². The third-order valence-electron chi connectivity index (χ3n) is 2.69. The van der Waals surface area contributed by atoms with Gasteiger partial charge in [-0.15, -0.1) is 0 Å². The first-order chi connectivity index (χ1) is 9.42. The lowest BCUT2D eigenvalue weighted by molar-refractivity contribution is 0.408. The summed E-state index contributed by atoms with van der Waals surface area (Å²) in [4.78, 5) is -0.0266. The molecule has 6 heteroatoms. The van der Waals surface area contributed by atoms with Gasteiger partial charge < -0.3 is 4.74 Å².